The van der Waals surface area contributed by atoms with Crippen LogP contribution in [-0.4, -0.2) is 39.9 Å². The van der Waals surface area contributed by atoms with E-state index in [0.29, 0.717) is 32.0 Å². The smallest absolute Gasteiger partial charge is 0.410 e. The van der Waals surface area contributed by atoms with E-state index in [-0.39, 0.29) is 6.09 Å². The van der Waals surface area contributed by atoms with E-state index in [0.717, 1.165) is 23.2 Å². The molecule has 1 aromatic carbocycles. The summed E-state index contributed by atoms with van der Waals surface area (Å²) in [7, 11) is 0. The normalized spacial score (nSPS) is 14.6. The van der Waals surface area contributed by atoms with Crippen LogP contribution >= 0.6 is 0 Å². The van der Waals surface area contributed by atoms with Gasteiger partial charge >= 0.3 is 6.09 Å². The number of hydrogen-bond acceptors (Lipinski definition) is 4. The van der Waals surface area contributed by atoms with Gasteiger partial charge in [-0.25, -0.2) is 4.79 Å². The molecule has 0 bridgehead atoms. The Morgan fingerprint density at radius 3 is 2.64 bits per heavy atom. The predicted molar refractivity (Wildman–Crippen MR) is 94.6 cm³/mol. The standard InChI is InChI=1S/C19H25N3O3/c1-19(2,3)25-18(23)22-11-9-15-16(10-12-22)20-21-17(15)24-13-14-7-5-4-6-8-14/h4-8H,9-13H2,1-3H3,(H,20,21). The fourth-order valence-electron chi connectivity index (χ4n) is 2.81. The minimum absolute atomic E-state index is 0.266. The minimum atomic E-state index is -0.483. The van der Waals surface area contributed by atoms with Crippen molar-refractivity contribution in [2.45, 2.75) is 45.8 Å². The van der Waals surface area contributed by atoms with Crippen LogP contribution in [0.5, 0.6) is 5.88 Å². The third-order valence-electron chi connectivity index (χ3n) is 4.05. The lowest BCUT2D eigenvalue weighted by Gasteiger charge is -2.26. The summed E-state index contributed by atoms with van der Waals surface area (Å²) in [5.74, 6) is 0.630. The van der Waals surface area contributed by atoms with E-state index in [1.807, 2.05) is 51.1 Å². The van der Waals surface area contributed by atoms with Crippen LogP contribution < -0.4 is 4.74 Å². The summed E-state index contributed by atoms with van der Waals surface area (Å²) in [6, 6.07) is 10.0. The molecule has 6 heteroatoms. The number of aromatic nitrogens is 2. The van der Waals surface area contributed by atoms with Crippen LogP contribution in [0.1, 0.15) is 37.6 Å². The average Bonchev–Trinajstić information content (AvgIpc) is 2.81. The highest BCUT2D eigenvalue weighted by Crippen LogP contribution is 2.25. The van der Waals surface area contributed by atoms with Crippen molar-refractivity contribution in [3.63, 3.8) is 0 Å². The fourth-order valence-corrected chi connectivity index (χ4v) is 2.81. The van der Waals surface area contributed by atoms with Crippen LogP contribution in [-0.2, 0) is 24.2 Å². The van der Waals surface area contributed by atoms with Crippen molar-refractivity contribution in [3.8, 4) is 5.88 Å². The molecule has 2 aromatic rings. The molecule has 25 heavy (non-hydrogen) atoms. The first-order valence-electron chi connectivity index (χ1n) is 8.63. The SMILES string of the molecule is CC(C)(C)OC(=O)N1CCc2[nH]nc(OCc3ccccc3)c2CC1. The summed E-state index contributed by atoms with van der Waals surface area (Å²) in [4.78, 5) is 14.0. The van der Waals surface area contributed by atoms with Crippen LogP contribution in [0.4, 0.5) is 4.79 Å². The number of carbonyl (C=O) groups is 1. The van der Waals surface area contributed by atoms with Gasteiger partial charge in [0.25, 0.3) is 0 Å². The highest BCUT2D eigenvalue weighted by atomic mass is 16.6. The number of carbonyl (C=O) groups excluding carboxylic acids is 1. The Morgan fingerprint density at radius 1 is 1.20 bits per heavy atom. The number of rotatable bonds is 3. The zero-order chi connectivity index (χ0) is 17.9. The number of nitrogens with zero attached hydrogens (tertiary/aromatic N) is 2. The van der Waals surface area contributed by atoms with Gasteiger partial charge in [-0.3, -0.25) is 5.10 Å². The van der Waals surface area contributed by atoms with Crippen molar-refractivity contribution in [1.29, 1.82) is 0 Å². The van der Waals surface area contributed by atoms with E-state index in [9.17, 15) is 4.79 Å². The quantitative estimate of drug-likeness (QED) is 0.928. The highest BCUT2D eigenvalue weighted by molar-refractivity contribution is 5.68. The monoisotopic (exact) mass is 343 g/mol. The maximum Gasteiger partial charge on any atom is 0.410 e. The van der Waals surface area contributed by atoms with Crippen molar-refractivity contribution >= 4 is 6.09 Å². The Kier molecular flexibility index (Phi) is 4.97. The number of amides is 1. The van der Waals surface area contributed by atoms with Gasteiger partial charge in [0.1, 0.15) is 12.2 Å². The molecular formula is C19H25N3O3. The Hall–Kier alpha value is -2.50. The maximum atomic E-state index is 12.3. The number of hydrogen-bond donors (Lipinski definition) is 1. The lowest BCUT2D eigenvalue weighted by molar-refractivity contribution is 0.0258. The first-order valence-corrected chi connectivity index (χ1v) is 8.63. The largest absolute Gasteiger partial charge is 0.472 e. The Labute approximate surface area is 148 Å². The maximum absolute atomic E-state index is 12.3. The second-order valence-electron chi connectivity index (χ2n) is 7.23. The van der Waals surface area contributed by atoms with E-state index in [4.69, 9.17) is 9.47 Å². The molecule has 0 spiro atoms. The minimum Gasteiger partial charge on any atom is -0.472 e. The van der Waals surface area contributed by atoms with Gasteiger partial charge in [-0.05, 0) is 32.8 Å². The van der Waals surface area contributed by atoms with E-state index >= 15 is 0 Å². The summed E-state index contributed by atoms with van der Waals surface area (Å²) in [6.07, 6.45) is 1.16. The van der Waals surface area contributed by atoms with Crippen LogP contribution in [0.2, 0.25) is 0 Å². The summed E-state index contributed by atoms with van der Waals surface area (Å²) in [6.45, 7) is 7.33. The van der Waals surface area contributed by atoms with Crippen LogP contribution in [0.25, 0.3) is 0 Å². The van der Waals surface area contributed by atoms with Crippen molar-refractivity contribution < 1.29 is 14.3 Å². The number of ether oxygens (including phenoxy) is 2. The number of H-pyrrole nitrogens is 1. The third kappa shape index (κ3) is 4.53. The second kappa shape index (κ2) is 7.17. The molecule has 134 valence electrons. The van der Waals surface area contributed by atoms with E-state index in [1.54, 1.807) is 4.90 Å². The summed E-state index contributed by atoms with van der Waals surface area (Å²) < 4.78 is 11.4. The molecule has 3 rings (SSSR count). The van der Waals surface area contributed by atoms with E-state index in [2.05, 4.69) is 10.2 Å². The molecule has 1 amide bonds. The van der Waals surface area contributed by atoms with Crippen molar-refractivity contribution in [2.24, 2.45) is 0 Å². The molecule has 1 aliphatic rings. The molecule has 0 fully saturated rings. The van der Waals surface area contributed by atoms with Gasteiger partial charge in [-0.1, -0.05) is 30.3 Å². The Bertz CT molecular complexity index is 719. The van der Waals surface area contributed by atoms with Gasteiger partial charge in [0.05, 0.1) is 0 Å². The Balaban J connectivity index is 1.63. The Morgan fingerprint density at radius 2 is 1.92 bits per heavy atom. The van der Waals surface area contributed by atoms with Gasteiger partial charge in [0.2, 0.25) is 5.88 Å². The van der Waals surface area contributed by atoms with Gasteiger partial charge < -0.3 is 14.4 Å². The van der Waals surface area contributed by atoms with Gasteiger partial charge in [0.15, 0.2) is 0 Å². The summed E-state index contributed by atoms with van der Waals surface area (Å²) >= 11 is 0. The molecule has 1 N–H and O–H groups in total. The van der Waals surface area contributed by atoms with E-state index in [1.165, 1.54) is 0 Å². The number of benzene rings is 1. The zero-order valence-corrected chi connectivity index (χ0v) is 15.0. The molecule has 6 nitrogen and oxygen atoms in total. The third-order valence-corrected chi connectivity index (χ3v) is 4.05. The van der Waals surface area contributed by atoms with Gasteiger partial charge in [0, 0.05) is 30.8 Å². The summed E-state index contributed by atoms with van der Waals surface area (Å²) in [5, 5.41) is 7.36. The number of nitrogens with one attached hydrogen (secondary N) is 1. The molecular weight excluding hydrogens is 318 g/mol. The van der Waals surface area contributed by atoms with Crippen molar-refractivity contribution in [2.75, 3.05) is 13.1 Å². The van der Waals surface area contributed by atoms with Gasteiger partial charge in [-0.15, -0.1) is 5.10 Å². The number of fused-ring (bicyclic) bond motifs is 1. The first kappa shape index (κ1) is 17.3. The molecule has 2 heterocycles. The van der Waals surface area contributed by atoms with Crippen molar-refractivity contribution in [1.82, 2.24) is 15.1 Å². The van der Waals surface area contributed by atoms with Crippen molar-refractivity contribution in [3.05, 3.63) is 47.2 Å². The van der Waals surface area contributed by atoms with Crippen LogP contribution in [0, 0.1) is 0 Å². The molecule has 0 radical (unpaired) electrons. The lowest BCUT2D eigenvalue weighted by Crippen LogP contribution is -2.38. The van der Waals surface area contributed by atoms with Crippen LogP contribution in [0.3, 0.4) is 0 Å². The van der Waals surface area contributed by atoms with Gasteiger partial charge in [-0.2, -0.15) is 0 Å². The molecule has 0 saturated carbocycles. The average molecular weight is 343 g/mol. The number of aromatic amines is 1. The summed E-state index contributed by atoms with van der Waals surface area (Å²) in [5.41, 5.74) is 2.71. The highest BCUT2D eigenvalue weighted by Gasteiger charge is 2.26. The lowest BCUT2D eigenvalue weighted by atomic mass is 10.1. The second-order valence-corrected chi connectivity index (χ2v) is 7.23. The topological polar surface area (TPSA) is 67.5 Å². The predicted octanol–water partition coefficient (Wildman–Crippen LogP) is 3.32. The molecule has 1 aliphatic heterocycles. The first-order chi connectivity index (χ1) is 11.9. The molecule has 0 aliphatic carbocycles. The molecule has 0 atom stereocenters. The van der Waals surface area contributed by atoms with E-state index < -0.39 is 5.60 Å². The molecule has 0 saturated heterocycles. The fraction of sp³-hybridized carbons (Fsp3) is 0.474. The zero-order valence-electron chi connectivity index (χ0n) is 15.0. The molecule has 1 aromatic heterocycles. The molecule has 0 unspecified atom stereocenters. The van der Waals surface area contributed by atoms with Crippen LogP contribution in [0.15, 0.2) is 30.3 Å².